The topological polar surface area (TPSA) is 105 Å². The van der Waals surface area contributed by atoms with Crippen LogP contribution in [0.15, 0.2) is 24.5 Å². The first-order chi connectivity index (χ1) is 20.6. The van der Waals surface area contributed by atoms with Crippen molar-refractivity contribution in [1.29, 1.82) is 0 Å². The highest BCUT2D eigenvalue weighted by molar-refractivity contribution is 7.88. The molecule has 0 atom stereocenters. The Kier molecular flexibility index (Phi) is 8.59. The molecule has 0 N–H and O–H groups in total. The Bertz CT molecular complexity index is 1510. The van der Waals surface area contributed by atoms with Crippen LogP contribution in [0.25, 0.3) is 11.3 Å². The van der Waals surface area contributed by atoms with Crippen LogP contribution in [0.4, 0.5) is 13.2 Å². The molecule has 2 fully saturated rings. The zero-order valence-electron chi connectivity index (χ0n) is 24.4. The molecular formula is C28H38F3N9O2S. The zero-order valence-corrected chi connectivity index (χ0v) is 25.2. The van der Waals surface area contributed by atoms with E-state index in [0.717, 1.165) is 43.4 Å². The van der Waals surface area contributed by atoms with Gasteiger partial charge in [0.25, 0.3) is 0 Å². The van der Waals surface area contributed by atoms with Crippen LogP contribution in [-0.2, 0) is 42.3 Å². The number of alkyl halides is 3. The average molecular weight is 622 g/mol. The number of halogens is 3. The molecule has 0 aliphatic carbocycles. The first-order valence-corrected chi connectivity index (χ1v) is 16.8. The number of likely N-dealkylation sites (tertiary alicyclic amines) is 2. The molecule has 234 valence electrons. The zero-order chi connectivity index (χ0) is 30.2. The Balaban J connectivity index is 1.23. The molecule has 6 rings (SSSR count). The maximum Gasteiger partial charge on any atom is 0.416 e. The van der Waals surface area contributed by atoms with Crippen molar-refractivity contribution < 1.29 is 21.6 Å². The van der Waals surface area contributed by atoms with Crippen molar-refractivity contribution in [3.8, 4) is 11.3 Å². The lowest BCUT2D eigenvalue weighted by atomic mass is 9.97. The molecule has 3 aliphatic heterocycles. The van der Waals surface area contributed by atoms with Gasteiger partial charge in [0.05, 0.1) is 24.1 Å². The van der Waals surface area contributed by atoms with E-state index in [1.807, 2.05) is 4.68 Å². The van der Waals surface area contributed by atoms with Gasteiger partial charge in [-0.1, -0.05) is 6.07 Å². The van der Waals surface area contributed by atoms with E-state index < -0.39 is 21.8 Å². The lowest BCUT2D eigenvalue weighted by Crippen LogP contribution is -2.44. The quantitative estimate of drug-likeness (QED) is 0.359. The van der Waals surface area contributed by atoms with Crippen molar-refractivity contribution in [3.63, 3.8) is 0 Å². The fourth-order valence-electron chi connectivity index (χ4n) is 6.80. The van der Waals surface area contributed by atoms with Gasteiger partial charge >= 0.3 is 6.18 Å². The van der Waals surface area contributed by atoms with Crippen molar-refractivity contribution in [3.05, 3.63) is 46.9 Å². The third-order valence-electron chi connectivity index (χ3n) is 9.03. The summed E-state index contributed by atoms with van der Waals surface area (Å²) >= 11 is 0. The summed E-state index contributed by atoms with van der Waals surface area (Å²) in [7, 11) is -3.46. The number of hydrogen-bond donors (Lipinski definition) is 0. The molecule has 11 nitrogen and oxygen atoms in total. The second-order valence-electron chi connectivity index (χ2n) is 11.9. The van der Waals surface area contributed by atoms with Crippen LogP contribution in [0.2, 0.25) is 0 Å². The van der Waals surface area contributed by atoms with Crippen LogP contribution in [0.3, 0.4) is 0 Å². The summed E-state index contributed by atoms with van der Waals surface area (Å²) in [5, 5.41) is 15.7. The molecule has 0 amide bonds. The number of benzene rings is 1. The largest absolute Gasteiger partial charge is 0.416 e. The molecule has 3 aliphatic rings. The number of aromatic nitrogens is 6. The number of tetrazole rings is 1. The summed E-state index contributed by atoms with van der Waals surface area (Å²) < 4.78 is 71.2. The molecule has 0 unspecified atom stereocenters. The molecule has 3 aromatic rings. The van der Waals surface area contributed by atoms with E-state index >= 15 is 0 Å². The maximum absolute atomic E-state index is 13.9. The Morgan fingerprint density at radius 1 is 1.02 bits per heavy atom. The summed E-state index contributed by atoms with van der Waals surface area (Å²) in [5.74, 6) is 0. The highest BCUT2D eigenvalue weighted by Crippen LogP contribution is 2.37. The van der Waals surface area contributed by atoms with Crippen molar-refractivity contribution in [2.75, 3.05) is 45.5 Å². The van der Waals surface area contributed by atoms with Crippen LogP contribution < -0.4 is 0 Å². The van der Waals surface area contributed by atoms with Crippen LogP contribution in [-0.4, -0.2) is 104 Å². The summed E-state index contributed by atoms with van der Waals surface area (Å²) in [6, 6.07) is 4.65. The maximum atomic E-state index is 13.9. The van der Waals surface area contributed by atoms with Crippen molar-refractivity contribution in [1.82, 2.24) is 44.1 Å². The van der Waals surface area contributed by atoms with E-state index in [2.05, 4.69) is 25.3 Å². The Morgan fingerprint density at radius 2 is 1.79 bits per heavy atom. The molecule has 2 saturated heterocycles. The molecular weight excluding hydrogens is 583 g/mol. The van der Waals surface area contributed by atoms with Gasteiger partial charge in [-0.05, 0) is 93.0 Å². The minimum Gasteiger partial charge on any atom is -0.303 e. The van der Waals surface area contributed by atoms with E-state index in [-0.39, 0.29) is 18.7 Å². The smallest absolute Gasteiger partial charge is 0.303 e. The van der Waals surface area contributed by atoms with Gasteiger partial charge in [-0.3, -0.25) is 4.68 Å². The van der Waals surface area contributed by atoms with Crippen LogP contribution >= 0.6 is 0 Å². The molecule has 0 spiro atoms. The van der Waals surface area contributed by atoms with Gasteiger partial charge in [-0.25, -0.2) is 13.1 Å². The fraction of sp³-hybridized carbons (Fsp3) is 0.643. The van der Waals surface area contributed by atoms with E-state index in [0.29, 0.717) is 36.8 Å². The Hall–Kier alpha value is -2.88. The minimum absolute atomic E-state index is 0.00807. The predicted octanol–water partition coefficient (Wildman–Crippen LogP) is 2.87. The van der Waals surface area contributed by atoms with Crippen molar-refractivity contribution in [2.45, 2.75) is 70.4 Å². The first-order valence-electron chi connectivity index (χ1n) is 15.0. The number of hydrogen-bond acceptors (Lipinski definition) is 8. The van der Waals surface area contributed by atoms with E-state index in [1.54, 1.807) is 0 Å². The average Bonchev–Trinajstić information content (AvgIpc) is 3.74. The van der Waals surface area contributed by atoms with Crippen LogP contribution in [0.1, 0.15) is 54.5 Å². The first kappa shape index (κ1) is 30.2. The predicted molar refractivity (Wildman–Crippen MR) is 153 cm³/mol. The van der Waals surface area contributed by atoms with Gasteiger partial charge in [0, 0.05) is 48.9 Å². The number of rotatable bonds is 9. The molecule has 0 saturated carbocycles. The number of nitrogens with zero attached hydrogens (tertiary/aromatic N) is 9. The molecule has 15 heteroatoms. The number of fused-ring (bicyclic) bond motifs is 1. The third kappa shape index (κ3) is 6.79. The van der Waals surface area contributed by atoms with Crippen molar-refractivity contribution >= 4 is 10.0 Å². The SMILES string of the molecule is CS(=O)(=O)N1CCc2c(c(-c3ccc(C(F)(F)F)c(Cn4cnnn4)c3)nn2CCCN2CCC(N3CCCC3)CC2)C1. The summed E-state index contributed by atoms with van der Waals surface area (Å²) in [6.45, 7) is 6.55. The molecule has 2 aromatic heterocycles. The van der Waals surface area contributed by atoms with Gasteiger partial charge in [0.1, 0.15) is 6.33 Å². The highest BCUT2D eigenvalue weighted by Gasteiger charge is 2.35. The molecule has 5 heterocycles. The number of sulfonamides is 1. The van der Waals surface area contributed by atoms with E-state index in [9.17, 15) is 21.6 Å². The van der Waals surface area contributed by atoms with Crippen LogP contribution in [0, 0.1) is 0 Å². The Morgan fingerprint density at radius 3 is 2.47 bits per heavy atom. The van der Waals surface area contributed by atoms with Gasteiger partial charge in [0.15, 0.2) is 0 Å². The lowest BCUT2D eigenvalue weighted by molar-refractivity contribution is -0.138. The van der Waals surface area contributed by atoms with E-state index in [1.165, 1.54) is 72.5 Å². The van der Waals surface area contributed by atoms with Crippen LogP contribution in [0.5, 0.6) is 0 Å². The molecule has 0 radical (unpaired) electrons. The monoisotopic (exact) mass is 621 g/mol. The van der Waals surface area contributed by atoms with Gasteiger partial charge in [0.2, 0.25) is 10.0 Å². The summed E-state index contributed by atoms with van der Waals surface area (Å²) in [6.07, 6.45) is 4.28. The van der Waals surface area contributed by atoms with Gasteiger partial charge < -0.3 is 9.80 Å². The molecule has 1 aromatic carbocycles. The Labute approximate surface area is 249 Å². The normalized spacial score (nSPS) is 19.7. The van der Waals surface area contributed by atoms with Gasteiger partial charge in [-0.15, -0.1) is 5.10 Å². The van der Waals surface area contributed by atoms with Crippen molar-refractivity contribution in [2.24, 2.45) is 0 Å². The number of piperidine rings is 1. The molecule has 0 bridgehead atoms. The minimum atomic E-state index is -4.56. The highest BCUT2D eigenvalue weighted by atomic mass is 32.2. The summed E-state index contributed by atoms with van der Waals surface area (Å²) in [4.78, 5) is 5.15. The standard InChI is InChI=1S/C28H38F3N9O2S/c1-43(41,42)39-16-9-26-24(19-39)27(21-5-6-25(28(29,30)31)22(17-21)18-38-20-32-34-35-38)33-40(26)13-4-10-36-14-7-23(8-15-36)37-11-2-3-12-37/h5-6,17,20,23H,2-4,7-16,18-19H2,1H3. The molecule has 43 heavy (non-hydrogen) atoms. The summed E-state index contributed by atoms with van der Waals surface area (Å²) in [5.41, 5.74) is 1.95. The van der Waals surface area contributed by atoms with E-state index in [4.69, 9.17) is 5.10 Å². The second-order valence-corrected chi connectivity index (χ2v) is 13.9. The lowest BCUT2D eigenvalue weighted by Gasteiger charge is -2.36. The second kappa shape index (κ2) is 12.3. The van der Waals surface area contributed by atoms with Gasteiger partial charge in [-0.2, -0.15) is 22.6 Å². The fourth-order valence-corrected chi connectivity index (χ4v) is 7.59. The third-order valence-corrected chi connectivity index (χ3v) is 10.3. The number of aryl methyl sites for hydroxylation is 1.